The van der Waals surface area contributed by atoms with E-state index in [1.165, 1.54) is 9.87 Å². The molecule has 160 valence electrons. The molecular formula is C23H29N3O3S. The molecule has 2 aromatic carbocycles. The highest BCUT2D eigenvalue weighted by Gasteiger charge is 2.27. The molecule has 0 fully saturated rings. The zero-order valence-corrected chi connectivity index (χ0v) is 18.8. The van der Waals surface area contributed by atoms with Crippen LogP contribution in [0.15, 0.2) is 65.8 Å². The van der Waals surface area contributed by atoms with Gasteiger partial charge < -0.3 is 9.30 Å². The van der Waals surface area contributed by atoms with Crippen LogP contribution in [-0.2, 0) is 23.1 Å². The van der Waals surface area contributed by atoms with Crippen molar-refractivity contribution < 1.29 is 13.2 Å². The maximum absolute atomic E-state index is 13.4. The van der Waals surface area contributed by atoms with Gasteiger partial charge in [0.15, 0.2) is 0 Å². The van der Waals surface area contributed by atoms with Crippen molar-refractivity contribution in [1.29, 1.82) is 0 Å². The van der Waals surface area contributed by atoms with E-state index in [-0.39, 0.29) is 17.4 Å². The lowest BCUT2D eigenvalue weighted by atomic mass is 10.1. The van der Waals surface area contributed by atoms with Gasteiger partial charge in [0.2, 0.25) is 10.0 Å². The second kappa shape index (κ2) is 9.45. The van der Waals surface area contributed by atoms with E-state index in [4.69, 9.17) is 4.74 Å². The van der Waals surface area contributed by atoms with Crippen LogP contribution in [0.1, 0.15) is 30.8 Å². The molecular weight excluding hydrogens is 398 g/mol. The fraction of sp³-hybridized carbons (Fsp3) is 0.348. The molecule has 7 heteroatoms. The minimum absolute atomic E-state index is 0.179. The zero-order chi connectivity index (χ0) is 21.7. The van der Waals surface area contributed by atoms with Gasteiger partial charge in [-0.15, -0.1) is 0 Å². The maximum atomic E-state index is 13.4. The third-order valence-electron chi connectivity index (χ3n) is 4.82. The molecule has 0 amide bonds. The minimum atomic E-state index is -3.67. The Morgan fingerprint density at radius 2 is 1.87 bits per heavy atom. The molecule has 0 saturated heterocycles. The van der Waals surface area contributed by atoms with Crippen molar-refractivity contribution in [3.05, 3.63) is 77.9 Å². The first-order valence-corrected chi connectivity index (χ1v) is 11.4. The molecule has 6 nitrogen and oxygen atoms in total. The van der Waals surface area contributed by atoms with Gasteiger partial charge in [0.05, 0.1) is 18.6 Å². The Morgan fingerprint density at radius 3 is 2.50 bits per heavy atom. The standard InChI is InChI=1S/C23H29N3O3S/c1-18(2)15-26(30(27,28)22-10-8-21(29-4)9-11-22)17-23-24-12-13-25(23)16-20-7-5-6-19(3)14-20/h5-14,18H,15-17H2,1-4H3. The van der Waals surface area contributed by atoms with E-state index in [2.05, 4.69) is 30.1 Å². The summed E-state index contributed by atoms with van der Waals surface area (Å²) >= 11 is 0. The molecule has 0 unspecified atom stereocenters. The topological polar surface area (TPSA) is 64.4 Å². The summed E-state index contributed by atoms with van der Waals surface area (Å²) in [7, 11) is -2.11. The SMILES string of the molecule is COc1ccc(S(=O)(=O)N(Cc2nccn2Cc2cccc(C)c2)CC(C)C)cc1. The first kappa shape index (κ1) is 22.1. The Hall–Kier alpha value is -2.64. The monoisotopic (exact) mass is 427 g/mol. The number of nitrogens with zero attached hydrogens (tertiary/aromatic N) is 3. The first-order valence-electron chi connectivity index (χ1n) is 9.99. The number of sulfonamides is 1. The zero-order valence-electron chi connectivity index (χ0n) is 17.9. The summed E-state index contributed by atoms with van der Waals surface area (Å²) in [4.78, 5) is 4.70. The van der Waals surface area contributed by atoms with Crippen LogP contribution in [0.4, 0.5) is 0 Å². The third kappa shape index (κ3) is 5.29. The van der Waals surface area contributed by atoms with Gasteiger partial charge in [0.1, 0.15) is 11.6 Å². The average Bonchev–Trinajstić information content (AvgIpc) is 3.14. The Balaban J connectivity index is 1.87. The molecule has 0 aliphatic carbocycles. The van der Waals surface area contributed by atoms with E-state index < -0.39 is 10.0 Å². The molecule has 0 atom stereocenters. The lowest BCUT2D eigenvalue weighted by Gasteiger charge is -2.24. The summed E-state index contributed by atoms with van der Waals surface area (Å²) in [6.07, 6.45) is 3.61. The summed E-state index contributed by atoms with van der Waals surface area (Å²) in [5.41, 5.74) is 2.35. The molecule has 30 heavy (non-hydrogen) atoms. The van der Waals surface area contributed by atoms with Crippen LogP contribution >= 0.6 is 0 Å². The largest absolute Gasteiger partial charge is 0.497 e. The summed E-state index contributed by atoms with van der Waals surface area (Å²) in [5.74, 6) is 1.52. The smallest absolute Gasteiger partial charge is 0.243 e. The number of benzene rings is 2. The van der Waals surface area contributed by atoms with Gasteiger partial charge in [-0.25, -0.2) is 13.4 Å². The van der Waals surface area contributed by atoms with E-state index >= 15 is 0 Å². The normalized spacial score (nSPS) is 11.9. The number of rotatable bonds is 9. The van der Waals surface area contributed by atoms with E-state index in [1.54, 1.807) is 37.6 Å². The van der Waals surface area contributed by atoms with Gasteiger partial charge in [0, 0.05) is 25.5 Å². The lowest BCUT2D eigenvalue weighted by Crippen LogP contribution is -2.34. The van der Waals surface area contributed by atoms with E-state index in [9.17, 15) is 8.42 Å². The fourth-order valence-corrected chi connectivity index (χ4v) is 4.91. The highest BCUT2D eigenvalue weighted by atomic mass is 32.2. The van der Waals surface area contributed by atoms with Gasteiger partial charge >= 0.3 is 0 Å². The second-order valence-electron chi connectivity index (χ2n) is 7.83. The van der Waals surface area contributed by atoms with Crippen molar-refractivity contribution in [1.82, 2.24) is 13.9 Å². The van der Waals surface area contributed by atoms with Crippen molar-refractivity contribution >= 4 is 10.0 Å². The van der Waals surface area contributed by atoms with Crippen LogP contribution in [-0.4, -0.2) is 35.9 Å². The summed E-state index contributed by atoms with van der Waals surface area (Å²) in [5, 5.41) is 0. The number of ether oxygens (including phenoxy) is 1. The predicted molar refractivity (Wildman–Crippen MR) is 118 cm³/mol. The quantitative estimate of drug-likeness (QED) is 0.516. The number of imidazole rings is 1. The molecule has 3 aromatic rings. The van der Waals surface area contributed by atoms with Crippen LogP contribution in [0.5, 0.6) is 5.75 Å². The second-order valence-corrected chi connectivity index (χ2v) is 9.77. The Bertz CT molecular complexity index is 1070. The van der Waals surface area contributed by atoms with E-state index in [0.29, 0.717) is 24.7 Å². The number of aryl methyl sites for hydroxylation is 1. The number of hydrogen-bond acceptors (Lipinski definition) is 4. The van der Waals surface area contributed by atoms with Crippen molar-refractivity contribution in [2.45, 2.75) is 38.8 Å². The molecule has 1 aromatic heterocycles. The van der Waals surface area contributed by atoms with Gasteiger partial charge in [-0.1, -0.05) is 43.7 Å². The summed E-state index contributed by atoms with van der Waals surface area (Å²) in [6, 6.07) is 14.8. The maximum Gasteiger partial charge on any atom is 0.243 e. The molecule has 0 N–H and O–H groups in total. The van der Waals surface area contributed by atoms with Crippen LogP contribution < -0.4 is 4.74 Å². The van der Waals surface area contributed by atoms with Crippen molar-refractivity contribution in [3.63, 3.8) is 0 Å². The minimum Gasteiger partial charge on any atom is -0.497 e. The molecule has 0 saturated carbocycles. The number of hydrogen-bond donors (Lipinski definition) is 0. The molecule has 0 aliphatic heterocycles. The number of methoxy groups -OCH3 is 1. The molecule has 3 rings (SSSR count). The van der Waals surface area contributed by atoms with E-state index in [1.807, 2.05) is 30.7 Å². The first-order chi connectivity index (χ1) is 14.3. The molecule has 1 heterocycles. The highest BCUT2D eigenvalue weighted by molar-refractivity contribution is 7.89. The Kier molecular flexibility index (Phi) is 6.95. The van der Waals surface area contributed by atoms with Gasteiger partial charge in [-0.05, 0) is 42.7 Å². The van der Waals surface area contributed by atoms with Crippen molar-refractivity contribution in [2.24, 2.45) is 5.92 Å². The molecule has 0 bridgehead atoms. The van der Waals surface area contributed by atoms with Crippen LogP contribution in [0.3, 0.4) is 0 Å². The van der Waals surface area contributed by atoms with Gasteiger partial charge in [0.25, 0.3) is 0 Å². The van der Waals surface area contributed by atoms with Crippen LogP contribution in [0, 0.1) is 12.8 Å². The highest BCUT2D eigenvalue weighted by Crippen LogP contribution is 2.22. The fourth-order valence-electron chi connectivity index (χ4n) is 3.35. The third-order valence-corrected chi connectivity index (χ3v) is 6.65. The van der Waals surface area contributed by atoms with Crippen molar-refractivity contribution in [3.8, 4) is 5.75 Å². The predicted octanol–water partition coefficient (Wildman–Crippen LogP) is 4.10. The molecule has 0 aliphatic rings. The number of aromatic nitrogens is 2. The van der Waals surface area contributed by atoms with Gasteiger partial charge in [-0.3, -0.25) is 0 Å². The summed E-state index contributed by atoms with van der Waals surface area (Å²) in [6.45, 7) is 7.35. The van der Waals surface area contributed by atoms with Crippen LogP contribution in [0.25, 0.3) is 0 Å². The van der Waals surface area contributed by atoms with E-state index in [0.717, 1.165) is 5.56 Å². The Labute approximate surface area is 179 Å². The molecule has 0 radical (unpaired) electrons. The van der Waals surface area contributed by atoms with Gasteiger partial charge in [-0.2, -0.15) is 4.31 Å². The average molecular weight is 428 g/mol. The Morgan fingerprint density at radius 1 is 1.13 bits per heavy atom. The molecule has 0 spiro atoms. The van der Waals surface area contributed by atoms with Crippen molar-refractivity contribution in [2.75, 3.05) is 13.7 Å². The lowest BCUT2D eigenvalue weighted by molar-refractivity contribution is 0.350. The van der Waals surface area contributed by atoms with Crippen LogP contribution in [0.2, 0.25) is 0 Å². The summed E-state index contributed by atoms with van der Waals surface area (Å²) < 4.78 is 35.4.